The third-order valence-electron chi connectivity index (χ3n) is 1.10. The fourth-order valence-electron chi connectivity index (χ4n) is 0.401. The number of nitrogens with two attached hydrogens (primary N) is 1. The van der Waals surface area contributed by atoms with Gasteiger partial charge in [0.25, 0.3) is 0 Å². The highest BCUT2D eigenvalue weighted by Crippen LogP contribution is 1.85. The molecule has 0 spiro atoms. The summed E-state index contributed by atoms with van der Waals surface area (Å²) in [6.07, 6.45) is 0. The molecule has 0 aliphatic heterocycles. The molecular formula is C8H24N2O. The summed E-state index contributed by atoms with van der Waals surface area (Å²) < 4.78 is 0. The van der Waals surface area contributed by atoms with E-state index in [1.165, 1.54) is 6.92 Å². The van der Waals surface area contributed by atoms with Crippen molar-refractivity contribution in [2.75, 3.05) is 13.1 Å². The monoisotopic (exact) mass is 164 g/mol. The van der Waals surface area contributed by atoms with Crippen LogP contribution in [0.1, 0.15) is 30.5 Å². The maximum absolute atomic E-state index is 10.3. The Morgan fingerprint density at radius 2 is 2.09 bits per heavy atom. The smallest absolute Gasteiger partial charge is 0.216 e. The number of carbonyl (C=O) groups is 1. The first-order chi connectivity index (χ1) is 5.16. The molecule has 0 aromatic rings. The summed E-state index contributed by atoms with van der Waals surface area (Å²) in [7, 11) is 0. The Morgan fingerprint density at radius 1 is 1.64 bits per heavy atom. The number of rotatable bonds is 3. The van der Waals surface area contributed by atoms with Crippen LogP contribution < -0.4 is 11.1 Å². The lowest BCUT2D eigenvalue weighted by molar-refractivity contribution is -0.119. The maximum Gasteiger partial charge on any atom is 0.216 e. The van der Waals surface area contributed by atoms with Crippen LogP contribution in [0, 0.1) is 5.92 Å². The second-order valence-electron chi connectivity index (χ2n) is 2.28. The first-order valence-electron chi connectivity index (χ1n) is 4.11. The first kappa shape index (κ1) is 13.1. The van der Waals surface area contributed by atoms with Gasteiger partial charge in [-0.3, -0.25) is 4.79 Å². The van der Waals surface area contributed by atoms with E-state index in [9.17, 15) is 4.79 Å². The number of hydrogen-bond donors (Lipinski definition) is 2. The molecule has 0 aromatic heterocycles. The highest BCUT2D eigenvalue weighted by atomic mass is 16.1. The standard InChI is InChI=1S/C6H14N2O.C2H6.2H2/c1-5(3-7)4-8-6(2)9;1-2;;/h5H,3-4,7H2,1-2H3,(H,8,9);1-2H3;2*1H. The second-order valence-corrected chi connectivity index (χ2v) is 2.28. The van der Waals surface area contributed by atoms with E-state index < -0.39 is 0 Å². The SMILES string of the molecule is CC.CC(=O)NCC(C)CN.[HH].[HH]. The molecule has 0 radical (unpaired) electrons. The van der Waals surface area contributed by atoms with Crippen LogP contribution >= 0.6 is 0 Å². The van der Waals surface area contributed by atoms with Crippen molar-refractivity contribution in [3.8, 4) is 0 Å². The van der Waals surface area contributed by atoms with Crippen LogP contribution in [-0.4, -0.2) is 19.0 Å². The summed E-state index contributed by atoms with van der Waals surface area (Å²) in [6.45, 7) is 8.81. The molecule has 0 heterocycles. The first-order valence-corrected chi connectivity index (χ1v) is 4.11. The molecule has 0 aromatic carbocycles. The zero-order valence-corrected chi connectivity index (χ0v) is 7.98. The molecule has 0 aliphatic rings. The predicted molar refractivity (Wildman–Crippen MR) is 52.5 cm³/mol. The van der Waals surface area contributed by atoms with Crippen molar-refractivity contribution in [1.82, 2.24) is 5.32 Å². The highest BCUT2D eigenvalue weighted by molar-refractivity contribution is 5.72. The van der Waals surface area contributed by atoms with Crippen LogP contribution in [0.2, 0.25) is 0 Å². The summed E-state index contributed by atoms with van der Waals surface area (Å²) >= 11 is 0. The summed E-state index contributed by atoms with van der Waals surface area (Å²) in [4.78, 5) is 10.3. The van der Waals surface area contributed by atoms with Crippen molar-refractivity contribution in [2.45, 2.75) is 27.7 Å². The lowest BCUT2D eigenvalue weighted by Gasteiger charge is -2.06. The molecule has 0 aliphatic carbocycles. The Kier molecular flexibility index (Phi) is 11.2. The van der Waals surface area contributed by atoms with Gasteiger partial charge in [-0.2, -0.15) is 0 Å². The van der Waals surface area contributed by atoms with Crippen LogP contribution in [0.15, 0.2) is 0 Å². The third kappa shape index (κ3) is 12.6. The Labute approximate surface area is 72.3 Å². The van der Waals surface area contributed by atoms with E-state index in [2.05, 4.69) is 5.32 Å². The summed E-state index contributed by atoms with van der Waals surface area (Å²) in [5.74, 6) is 0.393. The number of nitrogens with one attached hydrogen (secondary N) is 1. The normalized spacial score (nSPS) is 11.0. The molecule has 0 bridgehead atoms. The van der Waals surface area contributed by atoms with Gasteiger partial charge in [-0.1, -0.05) is 20.8 Å². The molecule has 1 amide bonds. The molecule has 0 saturated carbocycles. The van der Waals surface area contributed by atoms with Gasteiger partial charge < -0.3 is 11.1 Å². The summed E-state index contributed by atoms with van der Waals surface area (Å²) in [6, 6.07) is 0. The van der Waals surface area contributed by atoms with Gasteiger partial charge in [-0.05, 0) is 12.5 Å². The lowest BCUT2D eigenvalue weighted by Crippen LogP contribution is -2.29. The molecule has 3 N–H and O–H groups in total. The average Bonchev–Trinajstić information content (AvgIpc) is 2.04. The molecular weight excluding hydrogens is 140 g/mol. The molecule has 72 valence electrons. The Balaban J connectivity index is -0.0000000941. The van der Waals surface area contributed by atoms with Crippen molar-refractivity contribution in [1.29, 1.82) is 0 Å². The Hall–Kier alpha value is -0.570. The van der Waals surface area contributed by atoms with E-state index in [0.717, 1.165) is 0 Å². The van der Waals surface area contributed by atoms with Gasteiger partial charge in [0, 0.05) is 16.3 Å². The van der Waals surface area contributed by atoms with Gasteiger partial charge in [-0.25, -0.2) is 0 Å². The van der Waals surface area contributed by atoms with Crippen LogP contribution in [0.3, 0.4) is 0 Å². The molecule has 11 heavy (non-hydrogen) atoms. The maximum atomic E-state index is 10.3. The summed E-state index contributed by atoms with van der Waals surface area (Å²) in [5, 5.41) is 2.68. The minimum atomic E-state index is 0. The van der Waals surface area contributed by atoms with Gasteiger partial charge in [0.15, 0.2) is 0 Å². The van der Waals surface area contributed by atoms with Gasteiger partial charge >= 0.3 is 0 Å². The fourth-order valence-corrected chi connectivity index (χ4v) is 0.401. The zero-order valence-electron chi connectivity index (χ0n) is 7.98. The molecule has 0 rings (SSSR count). The van der Waals surface area contributed by atoms with E-state index in [4.69, 9.17) is 5.73 Å². The van der Waals surface area contributed by atoms with Crippen molar-refractivity contribution in [2.24, 2.45) is 11.7 Å². The van der Waals surface area contributed by atoms with E-state index >= 15 is 0 Å². The largest absolute Gasteiger partial charge is 0.356 e. The van der Waals surface area contributed by atoms with Crippen molar-refractivity contribution < 1.29 is 7.65 Å². The Bertz CT molecular complexity index is 102. The summed E-state index contributed by atoms with van der Waals surface area (Å²) in [5.41, 5.74) is 5.31. The average molecular weight is 164 g/mol. The number of carbonyl (C=O) groups excluding carboxylic acids is 1. The molecule has 0 saturated heterocycles. The van der Waals surface area contributed by atoms with Crippen molar-refractivity contribution in [3.63, 3.8) is 0 Å². The highest BCUT2D eigenvalue weighted by Gasteiger charge is 1.97. The Morgan fingerprint density at radius 3 is 2.36 bits per heavy atom. The van der Waals surface area contributed by atoms with Gasteiger partial charge in [0.2, 0.25) is 5.91 Å². The van der Waals surface area contributed by atoms with Crippen LogP contribution in [0.4, 0.5) is 0 Å². The van der Waals surface area contributed by atoms with E-state index in [0.29, 0.717) is 19.0 Å². The minimum Gasteiger partial charge on any atom is -0.356 e. The fraction of sp³-hybridized carbons (Fsp3) is 0.875. The van der Waals surface area contributed by atoms with Gasteiger partial charge in [0.05, 0.1) is 0 Å². The molecule has 3 nitrogen and oxygen atoms in total. The predicted octanol–water partition coefficient (Wildman–Crippen LogP) is 1.24. The van der Waals surface area contributed by atoms with E-state index in [1.54, 1.807) is 0 Å². The molecule has 1 unspecified atom stereocenters. The molecule has 1 atom stereocenters. The number of hydrogen-bond acceptors (Lipinski definition) is 2. The third-order valence-corrected chi connectivity index (χ3v) is 1.10. The second kappa shape index (κ2) is 9.43. The molecule has 0 fully saturated rings. The quantitative estimate of drug-likeness (QED) is 0.659. The van der Waals surface area contributed by atoms with Gasteiger partial charge in [0.1, 0.15) is 0 Å². The van der Waals surface area contributed by atoms with E-state index in [-0.39, 0.29) is 8.76 Å². The molecule has 3 heteroatoms. The lowest BCUT2D eigenvalue weighted by atomic mass is 10.2. The minimum absolute atomic E-state index is 0. The van der Waals surface area contributed by atoms with E-state index in [1.807, 2.05) is 20.8 Å². The van der Waals surface area contributed by atoms with Crippen LogP contribution in [0.25, 0.3) is 0 Å². The van der Waals surface area contributed by atoms with Gasteiger partial charge in [-0.15, -0.1) is 0 Å². The number of amides is 1. The van der Waals surface area contributed by atoms with Crippen LogP contribution in [-0.2, 0) is 4.79 Å². The topological polar surface area (TPSA) is 55.1 Å². The van der Waals surface area contributed by atoms with Crippen molar-refractivity contribution >= 4 is 5.91 Å². The van der Waals surface area contributed by atoms with Crippen LogP contribution in [0.5, 0.6) is 0 Å². The zero-order chi connectivity index (χ0) is 9.28. The van der Waals surface area contributed by atoms with Crippen molar-refractivity contribution in [3.05, 3.63) is 0 Å².